The van der Waals surface area contributed by atoms with Crippen molar-refractivity contribution in [3.63, 3.8) is 0 Å². The third kappa shape index (κ3) is 2.26. The normalized spacial score (nSPS) is 17.5. The highest BCUT2D eigenvalue weighted by Gasteiger charge is 2.23. The Hall–Kier alpha value is -2.06. The summed E-state index contributed by atoms with van der Waals surface area (Å²) in [7, 11) is 0. The van der Waals surface area contributed by atoms with Crippen LogP contribution in [0, 0.1) is 0 Å². The van der Waals surface area contributed by atoms with Crippen molar-refractivity contribution in [3.8, 4) is 16.9 Å². The van der Waals surface area contributed by atoms with Gasteiger partial charge in [-0.05, 0) is 60.7 Å². The highest BCUT2D eigenvalue weighted by atomic mass is 16.5. The van der Waals surface area contributed by atoms with E-state index in [9.17, 15) is 0 Å². The van der Waals surface area contributed by atoms with Crippen molar-refractivity contribution in [3.05, 3.63) is 59.9 Å². The first-order valence-corrected chi connectivity index (χ1v) is 7.70. The van der Waals surface area contributed by atoms with Gasteiger partial charge in [-0.1, -0.05) is 36.4 Å². The van der Waals surface area contributed by atoms with Crippen molar-refractivity contribution in [2.45, 2.75) is 18.8 Å². The average Bonchev–Trinajstić information content (AvgIpc) is 2.75. The number of piperidine rings is 1. The summed E-state index contributed by atoms with van der Waals surface area (Å²) in [5, 5.41) is 3.45. The van der Waals surface area contributed by atoms with Crippen LogP contribution in [0.1, 0.15) is 29.9 Å². The molecule has 0 amide bonds. The van der Waals surface area contributed by atoms with Crippen LogP contribution in [0.15, 0.2) is 48.7 Å². The lowest BCUT2D eigenvalue weighted by molar-refractivity contribution is 0.456. The lowest BCUT2D eigenvalue weighted by Crippen LogP contribution is -2.26. The third-order valence-corrected chi connectivity index (χ3v) is 4.51. The first-order chi connectivity index (χ1) is 10.4. The molecule has 2 heterocycles. The third-order valence-electron chi connectivity index (χ3n) is 4.51. The minimum atomic E-state index is 0.621. The molecular weight excluding hydrogens is 258 g/mol. The summed E-state index contributed by atoms with van der Waals surface area (Å²) >= 11 is 0. The first-order valence-electron chi connectivity index (χ1n) is 7.70. The molecule has 0 aromatic heterocycles. The molecule has 106 valence electrons. The van der Waals surface area contributed by atoms with Crippen LogP contribution in [0.3, 0.4) is 0 Å². The summed E-state index contributed by atoms with van der Waals surface area (Å²) in [6.07, 6.45) is 6.26. The maximum absolute atomic E-state index is 5.87. The van der Waals surface area contributed by atoms with E-state index in [1.807, 2.05) is 0 Å². The predicted octanol–water partition coefficient (Wildman–Crippen LogP) is 4.18. The SMILES string of the molecule is C1=Cc2ccccc2-c2c(cccc2C2CCNCC2)O1. The van der Waals surface area contributed by atoms with E-state index in [1.165, 1.54) is 35.1 Å². The fourth-order valence-corrected chi connectivity index (χ4v) is 3.46. The zero-order chi connectivity index (χ0) is 14.1. The number of ether oxygens (including phenoxy) is 1. The number of fused-ring (bicyclic) bond motifs is 3. The second-order valence-electron chi connectivity index (χ2n) is 5.75. The smallest absolute Gasteiger partial charge is 0.134 e. The minimum Gasteiger partial charge on any atom is -0.464 e. The Kier molecular flexibility index (Phi) is 3.24. The van der Waals surface area contributed by atoms with Crippen LogP contribution < -0.4 is 10.1 Å². The van der Waals surface area contributed by atoms with Crippen LogP contribution in [-0.2, 0) is 0 Å². The fourth-order valence-electron chi connectivity index (χ4n) is 3.46. The molecule has 2 heteroatoms. The molecular formula is C19H19NO. The average molecular weight is 277 g/mol. The van der Waals surface area contributed by atoms with Gasteiger partial charge in [-0.15, -0.1) is 0 Å². The van der Waals surface area contributed by atoms with E-state index in [-0.39, 0.29) is 0 Å². The number of hydrogen-bond donors (Lipinski definition) is 1. The molecule has 0 radical (unpaired) electrons. The van der Waals surface area contributed by atoms with Crippen molar-refractivity contribution >= 4 is 6.08 Å². The number of nitrogens with one attached hydrogen (secondary N) is 1. The molecule has 1 N–H and O–H groups in total. The summed E-state index contributed by atoms with van der Waals surface area (Å²) in [5.74, 6) is 1.60. The van der Waals surface area contributed by atoms with Crippen LogP contribution >= 0.6 is 0 Å². The first kappa shape index (κ1) is 12.7. The van der Waals surface area contributed by atoms with Gasteiger partial charge in [-0.2, -0.15) is 0 Å². The second kappa shape index (κ2) is 5.38. The van der Waals surface area contributed by atoms with Gasteiger partial charge in [0.1, 0.15) is 5.75 Å². The fraction of sp³-hybridized carbons (Fsp3) is 0.263. The van der Waals surface area contributed by atoms with E-state index in [0.717, 1.165) is 18.8 Å². The van der Waals surface area contributed by atoms with Gasteiger partial charge in [0, 0.05) is 5.56 Å². The molecule has 2 aromatic rings. The van der Waals surface area contributed by atoms with Gasteiger partial charge in [0.2, 0.25) is 0 Å². The van der Waals surface area contributed by atoms with Crippen molar-refractivity contribution in [2.24, 2.45) is 0 Å². The number of benzene rings is 2. The Labute approximate surface area is 125 Å². The summed E-state index contributed by atoms with van der Waals surface area (Å²) in [6, 6.07) is 15.0. The molecule has 0 atom stereocenters. The molecule has 0 unspecified atom stereocenters. The van der Waals surface area contributed by atoms with Crippen LogP contribution in [0.25, 0.3) is 17.2 Å². The molecule has 2 aromatic carbocycles. The van der Waals surface area contributed by atoms with Crippen LogP contribution in [0.4, 0.5) is 0 Å². The molecule has 0 saturated carbocycles. The van der Waals surface area contributed by atoms with Crippen LogP contribution in [-0.4, -0.2) is 13.1 Å². The Balaban J connectivity index is 1.90. The monoisotopic (exact) mass is 277 g/mol. The van der Waals surface area contributed by atoms with Crippen LogP contribution in [0.5, 0.6) is 5.75 Å². The predicted molar refractivity (Wildman–Crippen MR) is 86.4 cm³/mol. The molecule has 2 aliphatic rings. The summed E-state index contributed by atoms with van der Waals surface area (Å²) < 4.78 is 5.87. The zero-order valence-electron chi connectivity index (χ0n) is 12.0. The van der Waals surface area contributed by atoms with E-state index in [1.54, 1.807) is 6.26 Å². The lowest BCUT2D eigenvalue weighted by Gasteiger charge is -2.26. The highest BCUT2D eigenvalue weighted by molar-refractivity contribution is 5.83. The minimum absolute atomic E-state index is 0.621. The largest absolute Gasteiger partial charge is 0.464 e. The topological polar surface area (TPSA) is 21.3 Å². The molecule has 1 saturated heterocycles. The van der Waals surface area contributed by atoms with Gasteiger partial charge >= 0.3 is 0 Å². The standard InChI is InChI=1S/C19H19NO/c1-2-5-16-14(4-1)10-13-21-18-7-3-6-17(19(16)18)15-8-11-20-12-9-15/h1-7,10,13,15,20H,8-9,11-12H2. The molecule has 0 aliphatic carbocycles. The van der Waals surface area contributed by atoms with Crippen molar-refractivity contribution in [1.29, 1.82) is 0 Å². The molecule has 21 heavy (non-hydrogen) atoms. The van der Waals surface area contributed by atoms with E-state index in [4.69, 9.17) is 4.74 Å². The Morgan fingerprint density at radius 3 is 2.71 bits per heavy atom. The van der Waals surface area contributed by atoms with Gasteiger partial charge in [0.15, 0.2) is 0 Å². The van der Waals surface area contributed by atoms with E-state index >= 15 is 0 Å². The zero-order valence-corrected chi connectivity index (χ0v) is 12.0. The van der Waals surface area contributed by atoms with Gasteiger partial charge in [0.25, 0.3) is 0 Å². The van der Waals surface area contributed by atoms with Gasteiger partial charge in [-0.3, -0.25) is 0 Å². The number of hydrogen-bond acceptors (Lipinski definition) is 2. The maximum Gasteiger partial charge on any atom is 0.134 e. The van der Waals surface area contributed by atoms with E-state index in [0.29, 0.717) is 5.92 Å². The Morgan fingerprint density at radius 1 is 0.952 bits per heavy atom. The summed E-state index contributed by atoms with van der Waals surface area (Å²) in [5.41, 5.74) is 5.24. The number of rotatable bonds is 1. The Bertz CT molecular complexity index is 684. The quantitative estimate of drug-likeness (QED) is 0.844. The molecule has 0 bridgehead atoms. The molecule has 4 rings (SSSR count). The van der Waals surface area contributed by atoms with Crippen molar-refractivity contribution < 1.29 is 4.74 Å². The highest BCUT2D eigenvalue weighted by Crippen LogP contribution is 2.42. The maximum atomic E-state index is 5.87. The van der Waals surface area contributed by atoms with Crippen molar-refractivity contribution in [2.75, 3.05) is 13.1 Å². The lowest BCUT2D eigenvalue weighted by atomic mass is 9.83. The second-order valence-corrected chi connectivity index (χ2v) is 5.75. The van der Waals surface area contributed by atoms with Gasteiger partial charge < -0.3 is 10.1 Å². The van der Waals surface area contributed by atoms with E-state index in [2.05, 4.69) is 53.9 Å². The van der Waals surface area contributed by atoms with Crippen molar-refractivity contribution in [1.82, 2.24) is 5.32 Å². The van der Waals surface area contributed by atoms with Crippen LogP contribution in [0.2, 0.25) is 0 Å². The summed E-state index contributed by atoms with van der Waals surface area (Å²) in [6.45, 7) is 2.21. The Morgan fingerprint density at radius 2 is 1.81 bits per heavy atom. The van der Waals surface area contributed by atoms with E-state index < -0.39 is 0 Å². The molecule has 2 nitrogen and oxygen atoms in total. The molecule has 1 fully saturated rings. The van der Waals surface area contributed by atoms with Gasteiger partial charge in [-0.25, -0.2) is 0 Å². The molecule has 2 aliphatic heterocycles. The molecule has 0 spiro atoms. The summed E-state index contributed by atoms with van der Waals surface area (Å²) in [4.78, 5) is 0. The van der Waals surface area contributed by atoms with Gasteiger partial charge in [0.05, 0.1) is 6.26 Å².